The Morgan fingerprint density at radius 1 is 1.60 bits per heavy atom. The second kappa shape index (κ2) is 5.61. The van der Waals surface area contributed by atoms with Crippen LogP contribution in [-0.4, -0.2) is 12.2 Å². The molecule has 1 aromatic carbocycles. The largest absolute Gasteiger partial charge is 0.446 e. The highest BCUT2D eigenvalue weighted by Gasteiger charge is 2.07. The maximum absolute atomic E-state index is 11.3. The van der Waals surface area contributed by atoms with E-state index >= 15 is 0 Å². The second-order valence-electron chi connectivity index (χ2n) is 3.26. The third-order valence-corrected chi connectivity index (χ3v) is 2.19. The molecule has 1 amide bonds. The molecule has 82 valence electrons. The van der Waals surface area contributed by atoms with Gasteiger partial charge in [0.25, 0.3) is 0 Å². The zero-order valence-electron chi connectivity index (χ0n) is 8.79. The zero-order valence-corrected chi connectivity index (χ0v) is 9.54. The summed E-state index contributed by atoms with van der Waals surface area (Å²) >= 11 is 5.77. The summed E-state index contributed by atoms with van der Waals surface area (Å²) in [5.74, 6) is 0. The highest BCUT2D eigenvalue weighted by molar-refractivity contribution is 6.30. The molecule has 15 heavy (non-hydrogen) atoms. The number of amides is 1. The zero-order chi connectivity index (χ0) is 11.3. The Morgan fingerprint density at radius 3 is 2.93 bits per heavy atom. The molecule has 1 unspecified atom stereocenters. The van der Waals surface area contributed by atoms with Gasteiger partial charge in [0.1, 0.15) is 6.10 Å². The van der Waals surface area contributed by atoms with Crippen molar-refractivity contribution in [1.82, 2.24) is 0 Å². The minimum absolute atomic E-state index is 0.0795. The van der Waals surface area contributed by atoms with Crippen LogP contribution in [0.1, 0.15) is 20.3 Å². The third kappa shape index (κ3) is 4.21. The van der Waals surface area contributed by atoms with Crippen LogP contribution >= 0.6 is 11.6 Å². The van der Waals surface area contributed by atoms with E-state index in [-0.39, 0.29) is 6.10 Å². The lowest BCUT2D eigenvalue weighted by atomic mass is 10.3. The number of benzene rings is 1. The molecule has 0 saturated carbocycles. The van der Waals surface area contributed by atoms with Gasteiger partial charge >= 0.3 is 6.09 Å². The van der Waals surface area contributed by atoms with E-state index in [1.807, 2.05) is 13.8 Å². The number of hydrogen-bond acceptors (Lipinski definition) is 2. The van der Waals surface area contributed by atoms with Crippen LogP contribution in [0.2, 0.25) is 5.02 Å². The summed E-state index contributed by atoms with van der Waals surface area (Å²) in [7, 11) is 0. The molecule has 0 aliphatic carbocycles. The van der Waals surface area contributed by atoms with Crippen LogP contribution in [0.3, 0.4) is 0 Å². The molecule has 0 bridgehead atoms. The first kappa shape index (κ1) is 11.9. The Labute approximate surface area is 94.4 Å². The van der Waals surface area contributed by atoms with Gasteiger partial charge in [0.2, 0.25) is 0 Å². The molecule has 0 fully saturated rings. The number of nitrogens with one attached hydrogen (secondary N) is 1. The minimum atomic E-state index is -0.452. The number of hydrogen-bond donors (Lipinski definition) is 1. The van der Waals surface area contributed by atoms with Crippen molar-refractivity contribution >= 4 is 23.4 Å². The Bertz CT molecular complexity index is 341. The van der Waals surface area contributed by atoms with Gasteiger partial charge in [-0.15, -0.1) is 0 Å². The monoisotopic (exact) mass is 227 g/mol. The van der Waals surface area contributed by atoms with E-state index in [1.54, 1.807) is 24.3 Å². The molecular weight excluding hydrogens is 214 g/mol. The summed E-state index contributed by atoms with van der Waals surface area (Å²) in [4.78, 5) is 11.3. The summed E-state index contributed by atoms with van der Waals surface area (Å²) in [6.07, 6.45) is 0.263. The normalized spacial score (nSPS) is 11.9. The molecule has 4 heteroatoms. The van der Waals surface area contributed by atoms with Crippen LogP contribution in [0.15, 0.2) is 24.3 Å². The van der Waals surface area contributed by atoms with Crippen molar-refractivity contribution in [1.29, 1.82) is 0 Å². The van der Waals surface area contributed by atoms with Crippen LogP contribution in [0.4, 0.5) is 10.5 Å². The van der Waals surface area contributed by atoms with Gasteiger partial charge in [-0.25, -0.2) is 4.79 Å². The summed E-state index contributed by atoms with van der Waals surface area (Å²) < 4.78 is 5.05. The molecule has 1 aromatic rings. The minimum Gasteiger partial charge on any atom is -0.446 e. The summed E-state index contributed by atoms with van der Waals surface area (Å²) in [6.45, 7) is 3.80. The van der Waals surface area contributed by atoms with Crippen LogP contribution < -0.4 is 5.32 Å². The van der Waals surface area contributed by atoms with Gasteiger partial charge in [0.05, 0.1) is 0 Å². The van der Waals surface area contributed by atoms with Crippen molar-refractivity contribution in [3.05, 3.63) is 29.3 Å². The quantitative estimate of drug-likeness (QED) is 0.855. The first-order valence-electron chi connectivity index (χ1n) is 4.85. The summed E-state index contributed by atoms with van der Waals surface area (Å²) in [5, 5.41) is 3.18. The third-order valence-electron chi connectivity index (χ3n) is 1.95. The Morgan fingerprint density at radius 2 is 2.33 bits per heavy atom. The van der Waals surface area contributed by atoms with Crippen molar-refractivity contribution in [2.45, 2.75) is 26.4 Å². The summed E-state index contributed by atoms with van der Waals surface area (Å²) in [5.41, 5.74) is 0.635. The molecule has 0 aliphatic heterocycles. The predicted octanol–water partition coefficient (Wildman–Crippen LogP) is 3.69. The Kier molecular flexibility index (Phi) is 4.43. The van der Waals surface area contributed by atoms with Crippen LogP contribution in [-0.2, 0) is 4.74 Å². The fourth-order valence-electron chi connectivity index (χ4n) is 0.980. The van der Waals surface area contributed by atoms with E-state index in [0.717, 1.165) is 6.42 Å². The van der Waals surface area contributed by atoms with E-state index in [4.69, 9.17) is 16.3 Å². The Hall–Kier alpha value is -1.22. The van der Waals surface area contributed by atoms with Crippen LogP contribution in [0.25, 0.3) is 0 Å². The number of anilines is 1. The van der Waals surface area contributed by atoms with E-state index in [0.29, 0.717) is 10.7 Å². The maximum Gasteiger partial charge on any atom is 0.411 e. The Balaban J connectivity index is 2.51. The molecule has 0 aromatic heterocycles. The van der Waals surface area contributed by atoms with Gasteiger partial charge in [-0.2, -0.15) is 0 Å². The number of halogens is 1. The van der Waals surface area contributed by atoms with Crippen molar-refractivity contribution in [2.24, 2.45) is 0 Å². The molecule has 0 spiro atoms. The number of rotatable bonds is 3. The summed E-state index contributed by atoms with van der Waals surface area (Å²) in [6, 6.07) is 6.93. The fourth-order valence-corrected chi connectivity index (χ4v) is 1.17. The smallest absolute Gasteiger partial charge is 0.411 e. The van der Waals surface area contributed by atoms with E-state index < -0.39 is 6.09 Å². The van der Waals surface area contributed by atoms with Crippen molar-refractivity contribution in [3.8, 4) is 0 Å². The first-order valence-corrected chi connectivity index (χ1v) is 5.22. The van der Waals surface area contributed by atoms with Crippen LogP contribution in [0, 0.1) is 0 Å². The van der Waals surface area contributed by atoms with Crippen molar-refractivity contribution < 1.29 is 9.53 Å². The average Bonchev–Trinajstić information content (AvgIpc) is 2.17. The molecule has 1 atom stereocenters. The number of ether oxygens (including phenoxy) is 1. The molecule has 1 rings (SSSR count). The first-order chi connectivity index (χ1) is 7.11. The van der Waals surface area contributed by atoms with Crippen LogP contribution in [0.5, 0.6) is 0 Å². The van der Waals surface area contributed by atoms with Crippen molar-refractivity contribution in [3.63, 3.8) is 0 Å². The SMILES string of the molecule is CCC(C)OC(=O)Nc1cccc(Cl)c1. The van der Waals surface area contributed by atoms with Gasteiger partial charge in [0.15, 0.2) is 0 Å². The average molecular weight is 228 g/mol. The van der Waals surface area contributed by atoms with E-state index in [2.05, 4.69) is 5.32 Å². The lowest BCUT2D eigenvalue weighted by Crippen LogP contribution is -2.19. The standard InChI is InChI=1S/C11H14ClNO2/c1-3-8(2)15-11(14)13-10-6-4-5-9(12)7-10/h4-8H,3H2,1-2H3,(H,13,14). The molecule has 3 nitrogen and oxygen atoms in total. The van der Waals surface area contributed by atoms with Gasteiger partial charge in [-0.3, -0.25) is 5.32 Å². The highest BCUT2D eigenvalue weighted by atomic mass is 35.5. The topological polar surface area (TPSA) is 38.3 Å². The molecular formula is C11H14ClNO2. The number of carbonyl (C=O) groups is 1. The maximum atomic E-state index is 11.3. The van der Waals surface area contributed by atoms with E-state index in [9.17, 15) is 4.79 Å². The molecule has 0 aliphatic rings. The van der Waals surface area contributed by atoms with Gasteiger partial charge in [-0.05, 0) is 31.5 Å². The molecule has 1 N–H and O–H groups in total. The predicted molar refractivity (Wildman–Crippen MR) is 61.3 cm³/mol. The molecule has 0 saturated heterocycles. The van der Waals surface area contributed by atoms with Gasteiger partial charge < -0.3 is 4.74 Å². The van der Waals surface area contributed by atoms with Crippen molar-refractivity contribution in [2.75, 3.05) is 5.32 Å². The molecule has 0 radical (unpaired) electrons. The lowest BCUT2D eigenvalue weighted by molar-refractivity contribution is 0.118. The fraction of sp³-hybridized carbons (Fsp3) is 0.364. The number of carbonyl (C=O) groups excluding carboxylic acids is 1. The molecule has 0 heterocycles. The lowest BCUT2D eigenvalue weighted by Gasteiger charge is -2.11. The highest BCUT2D eigenvalue weighted by Crippen LogP contribution is 2.15. The van der Waals surface area contributed by atoms with Gasteiger partial charge in [0, 0.05) is 10.7 Å². The van der Waals surface area contributed by atoms with Gasteiger partial charge in [-0.1, -0.05) is 24.6 Å². The van der Waals surface area contributed by atoms with E-state index in [1.165, 1.54) is 0 Å². The second-order valence-corrected chi connectivity index (χ2v) is 3.70.